The summed E-state index contributed by atoms with van der Waals surface area (Å²) in [6.07, 6.45) is 0. The molecule has 0 saturated heterocycles. The van der Waals surface area contributed by atoms with Crippen LogP contribution in [0.4, 0.5) is 0 Å². The van der Waals surface area contributed by atoms with Gasteiger partial charge in [-0.1, -0.05) is 91.2 Å². The molecule has 2 aromatic carbocycles. The lowest BCUT2D eigenvalue weighted by Gasteiger charge is -2.06. The van der Waals surface area contributed by atoms with Crippen LogP contribution in [-0.2, 0) is 11.5 Å². The molecule has 0 aliphatic rings. The third kappa shape index (κ3) is 5.23. The molecule has 29 heavy (non-hydrogen) atoms. The largest absolute Gasteiger partial charge is 0.196 e. The fraction of sp³-hybridized carbons (Fsp3) is 0.250. The maximum absolute atomic E-state index is 4.31. The zero-order valence-corrected chi connectivity index (χ0v) is 18.5. The van der Waals surface area contributed by atoms with Crippen LogP contribution in [0.1, 0.15) is 36.7 Å². The molecule has 0 radical (unpaired) electrons. The summed E-state index contributed by atoms with van der Waals surface area (Å²) < 4.78 is 3.65. The number of hydrogen-bond acceptors (Lipinski definition) is 8. The van der Waals surface area contributed by atoms with Crippen molar-refractivity contribution in [3.63, 3.8) is 0 Å². The van der Waals surface area contributed by atoms with Gasteiger partial charge in [-0.3, -0.25) is 0 Å². The number of nitrogens with zero attached hydrogens (tertiary/aromatic N) is 6. The van der Waals surface area contributed by atoms with Crippen molar-refractivity contribution in [1.82, 2.24) is 30.4 Å². The fourth-order valence-electron chi connectivity index (χ4n) is 2.65. The molecule has 0 amide bonds. The molecule has 0 aliphatic carbocycles. The summed E-state index contributed by atoms with van der Waals surface area (Å²) in [5.74, 6) is 2.88. The Balaban J connectivity index is 1.33. The van der Waals surface area contributed by atoms with Gasteiger partial charge in [0.25, 0.3) is 0 Å². The van der Waals surface area contributed by atoms with Gasteiger partial charge in [-0.25, -0.2) is 0 Å². The Morgan fingerprint density at radius 1 is 0.862 bits per heavy atom. The van der Waals surface area contributed by atoms with Crippen LogP contribution in [0.2, 0.25) is 0 Å². The Labute approximate surface area is 182 Å². The Kier molecular flexibility index (Phi) is 6.58. The predicted octanol–water partition coefficient (Wildman–Crippen LogP) is 5.22. The molecule has 0 aliphatic heterocycles. The highest BCUT2D eigenvalue weighted by atomic mass is 32.2. The van der Waals surface area contributed by atoms with Gasteiger partial charge in [0.2, 0.25) is 0 Å². The lowest BCUT2D eigenvalue weighted by molar-refractivity contribution is 0.777. The van der Waals surface area contributed by atoms with Gasteiger partial charge in [0.05, 0.1) is 11.4 Å². The standard InChI is InChI=1S/C20H20N6S3/c1-14(2)16-10-8-15(9-11-16)12-27-19-22-23-20(29-19)28-13-18-21-24-25-26(18)17-6-4-3-5-7-17/h3-11,14H,12-13H2,1-2H3. The zero-order valence-electron chi connectivity index (χ0n) is 16.1. The van der Waals surface area contributed by atoms with Gasteiger partial charge in [-0.2, -0.15) is 4.68 Å². The molecule has 4 aromatic rings. The minimum absolute atomic E-state index is 0.558. The van der Waals surface area contributed by atoms with Crippen LogP contribution in [-0.4, -0.2) is 30.4 Å². The summed E-state index contributed by atoms with van der Waals surface area (Å²) in [7, 11) is 0. The minimum atomic E-state index is 0.558. The van der Waals surface area contributed by atoms with E-state index in [9.17, 15) is 0 Å². The summed E-state index contributed by atoms with van der Waals surface area (Å²) >= 11 is 4.93. The summed E-state index contributed by atoms with van der Waals surface area (Å²) in [6, 6.07) is 18.7. The first-order valence-electron chi connectivity index (χ1n) is 9.19. The summed E-state index contributed by atoms with van der Waals surface area (Å²) in [4.78, 5) is 0. The molecule has 2 aromatic heterocycles. The van der Waals surface area contributed by atoms with Crippen molar-refractivity contribution in [2.24, 2.45) is 0 Å². The quantitative estimate of drug-likeness (QED) is 0.348. The zero-order chi connectivity index (χ0) is 20.1. The third-order valence-electron chi connectivity index (χ3n) is 4.26. The topological polar surface area (TPSA) is 69.4 Å². The Morgan fingerprint density at radius 2 is 1.55 bits per heavy atom. The second kappa shape index (κ2) is 9.51. The number of aromatic nitrogens is 6. The van der Waals surface area contributed by atoms with E-state index in [0.29, 0.717) is 11.7 Å². The first-order chi connectivity index (χ1) is 14.2. The molecule has 9 heteroatoms. The van der Waals surface area contributed by atoms with E-state index < -0.39 is 0 Å². The van der Waals surface area contributed by atoms with E-state index in [2.05, 4.69) is 63.8 Å². The number of para-hydroxylation sites is 1. The van der Waals surface area contributed by atoms with Crippen LogP contribution in [0.3, 0.4) is 0 Å². The van der Waals surface area contributed by atoms with Crippen molar-refractivity contribution in [1.29, 1.82) is 0 Å². The van der Waals surface area contributed by atoms with Crippen molar-refractivity contribution in [3.8, 4) is 5.69 Å². The number of rotatable bonds is 8. The van der Waals surface area contributed by atoms with Crippen LogP contribution < -0.4 is 0 Å². The predicted molar refractivity (Wildman–Crippen MR) is 119 cm³/mol. The van der Waals surface area contributed by atoms with Gasteiger partial charge in [0, 0.05) is 5.75 Å². The van der Waals surface area contributed by atoms with Crippen molar-refractivity contribution in [2.75, 3.05) is 0 Å². The number of tetrazole rings is 1. The lowest BCUT2D eigenvalue weighted by atomic mass is 10.0. The molecule has 0 N–H and O–H groups in total. The molecular weight excluding hydrogens is 420 g/mol. The van der Waals surface area contributed by atoms with E-state index in [1.807, 2.05) is 30.3 Å². The molecule has 2 heterocycles. The maximum Gasteiger partial charge on any atom is 0.175 e. The highest BCUT2D eigenvalue weighted by Crippen LogP contribution is 2.32. The van der Waals surface area contributed by atoms with Gasteiger partial charge in [-0.15, -0.1) is 15.3 Å². The Hall–Kier alpha value is -2.23. The van der Waals surface area contributed by atoms with Gasteiger partial charge in [-0.05, 0) is 39.6 Å². The third-order valence-corrected chi connectivity index (χ3v) is 7.51. The van der Waals surface area contributed by atoms with E-state index in [0.717, 1.165) is 25.9 Å². The molecule has 0 unspecified atom stereocenters. The van der Waals surface area contributed by atoms with Crippen LogP contribution in [0.5, 0.6) is 0 Å². The minimum Gasteiger partial charge on any atom is -0.196 e. The van der Waals surface area contributed by atoms with Crippen molar-refractivity contribution in [2.45, 2.75) is 40.0 Å². The number of thioether (sulfide) groups is 2. The molecule has 6 nitrogen and oxygen atoms in total. The second-order valence-corrected chi connectivity index (χ2v) is 10.1. The first-order valence-corrected chi connectivity index (χ1v) is 12.0. The molecule has 0 bridgehead atoms. The van der Waals surface area contributed by atoms with E-state index in [4.69, 9.17) is 0 Å². The van der Waals surface area contributed by atoms with Crippen molar-refractivity contribution < 1.29 is 0 Å². The normalized spacial score (nSPS) is 11.3. The van der Waals surface area contributed by atoms with Gasteiger partial charge < -0.3 is 0 Å². The molecule has 0 atom stereocenters. The lowest BCUT2D eigenvalue weighted by Crippen LogP contribution is -2.01. The average molecular weight is 441 g/mol. The number of hydrogen-bond donors (Lipinski definition) is 0. The highest BCUT2D eigenvalue weighted by Gasteiger charge is 2.11. The molecule has 148 valence electrons. The van der Waals surface area contributed by atoms with E-state index in [-0.39, 0.29) is 0 Å². The smallest absolute Gasteiger partial charge is 0.175 e. The molecule has 0 saturated carbocycles. The first kappa shape index (κ1) is 20.1. The Bertz CT molecular complexity index is 1040. The van der Waals surface area contributed by atoms with Gasteiger partial charge in [0.15, 0.2) is 14.5 Å². The molecule has 4 rings (SSSR count). The Morgan fingerprint density at radius 3 is 2.24 bits per heavy atom. The molecule has 0 fully saturated rings. The fourth-order valence-corrected chi connectivity index (χ4v) is 5.53. The average Bonchev–Trinajstić information content (AvgIpc) is 3.41. The SMILES string of the molecule is CC(C)c1ccc(CSc2nnc(SCc3nnnn3-c3ccccc3)s2)cc1. The summed E-state index contributed by atoms with van der Waals surface area (Å²) in [5.41, 5.74) is 3.61. The van der Waals surface area contributed by atoms with Gasteiger partial charge >= 0.3 is 0 Å². The monoisotopic (exact) mass is 440 g/mol. The van der Waals surface area contributed by atoms with Crippen molar-refractivity contribution in [3.05, 3.63) is 71.5 Å². The summed E-state index contributed by atoms with van der Waals surface area (Å²) in [6.45, 7) is 4.42. The van der Waals surface area contributed by atoms with Crippen LogP contribution in [0, 0.1) is 0 Å². The summed E-state index contributed by atoms with van der Waals surface area (Å²) in [5, 5.41) is 20.7. The van der Waals surface area contributed by atoms with Crippen molar-refractivity contribution >= 4 is 34.9 Å². The van der Waals surface area contributed by atoms with E-state index >= 15 is 0 Å². The molecular formula is C20H20N6S3. The second-order valence-electron chi connectivity index (χ2n) is 6.65. The van der Waals surface area contributed by atoms with E-state index in [1.54, 1.807) is 39.5 Å². The molecule has 0 spiro atoms. The van der Waals surface area contributed by atoms with Crippen LogP contribution in [0.15, 0.2) is 63.3 Å². The van der Waals surface area contributed by atoms with Crippen LogP contribution >= 0.6 is 34.9 Å². The van der Waals surface area contributed by atoms with Gasteiger partial charge in [0.1, 0.15) is 0 Å². The number of benzene rings is 2. The van der Waals surface area contributed by atoms with E-state index in [1.165, 1.54) is 11.1 Å². The maximum atomic E-state index is 4.31. The highest BCUT2D eigenvalue weighted by molar-refractivity contribution is 8.02. The van der Waals surface area contributed by atoms with Crippen LogP contribution in [0.25, 0.3) is 5.69 Å².